The molecule has 1 aliphatic heterocycles. The van der Waals surface area contributed by atoms with E-state index in [4.69, 9.17) is 9.47 Å². The molecule has 0 aromatic heterocycles. The zero-order chi connectivity index (χ0) is 21.9. The molecule has 0 radical (unpaired) electrons. The number of cyclic esters (lactones) is 1. The van der Waals surface area contributed by atoms with Crippen LogP contribution in [0.15, 0.2) is 97.1 Å². The molecule has 1 heterocycles. The average Bonchev–Trinajstić information content (AvgIpc) is 3.27. The molecule has 0 saturated heterocycles. The molecular weight excluding hydrogens is 409 g/mol. The minimum Gasteiger partial charge on any atom is -0.497 e. The molecule has 158 valence electrons. The second kappa shape index (κ2) is 8.54. The molecule has 3 aromatic rings. The lowest BCUT2D eigenvalue weighted by Gasteiger charge is -2.39. The van der Waals surface area contributed by atoms with Crippen molar-refractivity contribution in [2.75, 3.05) is 7.11 Å². The minimum absolute atomic E-state index is 0.416. The monoisotopic (exact) mass is 433 g/mol. The molecule has 5 nitrogen and oxygen atoms in total. The summed E-state index contributed by atoms with van der Waals surface area (Å²) < 4.78 is 25.5. The maximum Gasteiger partial charge on any atom is 0.331 e. The van der Waals surface area contributed by atoms with Gasteiger partial charge in [-0.1, -0.05) is 48.5 Å². The largest absolute Gasteiger partial charge is 0.497 e. The molecule has 1 N–H and O–H groups in total. The SMILES string of the molecule is COc1ccc([C@](C)(NP(=O)(c2ccccc2)c2ccccc2)[C@H]2C=CC(=O)O2)cc1. The van der Waals surface area contributed by atoms with Gasteiger partial charge in [0.05, 0.1) is 12.6 Å². The van der Waals surface area contributed by atoms with E-state index < -0.39 is 24.9 Å². The van der Waals surface area contributed by atoms with Crippen molar-refractivity contribution < 1.29 is 18.8 Å². The zero-order valence-electron chi connectivity index (χ0n) is 17.4. The van der Waals surface area contributed by atoms with Crippen molar-refractivity contribution in [2.45, 2.75) is 18.6 Å². The summed E-state index contributed by atoms with van der Waals surface area (Å²) >= 11 is 0. The number of carbonyl (C=O) groups is 1. The second-order valence-electron chi connectivity index (χ2n) is 7.54. The quantitative estimate of drug-likeness (QED) is 0.452. The number of ether oxygens (including phenoxy) is 2. The van der Waals surface area contributed by atoms with Crippen LogP contribution >= 0.6 is 7.29 Å². The van der Waals surface area contributed by atoms with Crippen LogP contribution in [0.25, 0.3) is 0 Å². The number of hydrogen-bond donors (Lipinski definition) is 1. The Morgan fingerprint density at radius 3 is 1.90 bits per heavy atom. The fraction of sp³-hybridized carbons (Fsp3) is 0.160. The standard InChI is InChI=1S/C25H24NO4P/c1-25(23-17-18-24(27)30-23,19-13-15-20(29-2)16-14-19)26-31(28,21-9-5-3-6-10-21)22-11-7-4-8-12-22/h3-18,23H,1-2H3,(H,26,28)/t23-,25+/m1/s1. The van der Waals surface area contributed by atoms with Crippen molar-refractivity contribution >= 4 is 23.9 Å². The molecule has 2 atom stereocenters. The lowest BCUT2D eigenvalue weighted by molar-refractivity contribution is -0.141. The van der Waals surface area contributed by atoms with E-state index in [1.54, 1.807) is 13.2 Å². The third-order valence-corrected chi connectivity index (χ3v) is 8.37. The van der Waals surface area contributed by atoms with Gasteiger partial charge in [-0.05, 0) is 55.0 Å². The van der Waals surface area contributed by atoms with E-state index in [9.17, 15) is 9.36 Å². The van der Waals surface area contributed by atoms with Gasteiger partial charge in [-0.3, -0.25) is 4.57 Å². The highest BCUT2D eigenvalue weighted by Gasteiger charge is 2.45. The van der Waals surface area contributed by atoms with Crippen molar-refractivity contribution in [2.24, 2.45) is 0 Å². The van der Waals surface area contributed by atoms with E-state index >= 15 is 0 Å². The molecule has 1 aliphatic rings. The van der Waals surface area contributed by atoms with Crippen LogP contribution in [-0.4, -0.2) is 19.2 Å². The topological polar surface area (TPSA) is 64.6 Å². The number of carbonyl (C=O) groups excluding carboxylic acids is 1. The van der Waals surface area contributed by atoms with Gasteiger partial charge >= 0.3 is 5.97 Å². The smallest absolute Gasteiger partial charge is 0.331 e. The molecule has 0 saturated carbocycles. The van der Waals surface area contributed by atoms with Crippen LogP contribution in [0.3, 0.4) is 0 Å². The van der Waals surface area contributed by atoms with Gasteiger partial charge in [0.2, 0.25) is 7.29 Å². The molecule has 0 unspecified atom stereocenters. The molecule has 0 bridgehead atoms. The number of benzene rings is 3. The van der Waals surface area contributed by atoms with Gasteiger partial charge in [-0.15, -0.1) is 0 Å². The Hall–Kier alpha value is -3.14. The third kappa shape index (κ3) is 4.07. The molecular formula is C25H24NO4P. The van der Waals surface area contributed by atoms with Crippen LogP contribution in [0.1, 0.15) is 12.5 Å². The lowest BCUT2D eigenvalue weighted by Crippen LogP contribution is -2.50. The minimum atomic E-state index is -3.31. The van der Waals surface area contributed by atoms with Crippen LogP contribution in [0.4, 0.5) is 0 Å². The molecule has 4 rings (SSSR count). The summed E-state index contributed by atoms with van der Waals surface area (Å²) in [5.41, 5.74) is -0.138. The van der Waals surface area contributed by atoms with Crippen LogP contribution in [0.5, 0.6) is 5.75 Å². The molecule has 31 heavy (non-hydrogen) atoms. The predicted octanol–water partition coefficient (Wildman–Crippen LogP) is 3.91. The molecule has 3 aromatic carbocycles. The fourth-order valence-corrected chi connectivity index (χ4v) is 6.44. The van der Waals surface area contributed by atoms with Crippen molar-refractivity contribution in [3.63, 3.8) is 0 Å². The van der Waals surface area contributed by atoms with Gasteiger partial charge in [-0.2, -0.15) is 0 Å². The molecule has 0 fully saturated rings. The normalized spacial score (nSPS) is 17.7. The highest BCUT2D eigenvalue weighted by atomic mass is 31.2. The fourth-order valence-electron chi connectivity index (χ4n) is 3.79. The van der Waals surface area contributed by atoms with E-state index in [1.165, 1.54) is 6.08 Å². The second-order valence-corrected chi connectivity index (χ2v) is 10.0. The van der Waals surface area contributed by atoms with Gasteiger partial charge in [0, 0.05) is 16.7 Å². The van der Waals surface area contributed by atoms with Gasteiger partial charge in [0.15, 0.2) is 0 Å². The first-order chi connectivity index (χ1) is 15.0. The predicted molar refractivity (Wildman–Crippen MR) is 122 cm³/mol. The Bertz CT molecular complexity index is 1090. The summed E-state index contributed by atoms with van der Waals surface area (Å²) in [5, 5.41) is 4.79. The number of esters is 1. The van der Waals surface area contributed by atoms with Crippen LogP contribution < -0.4 is 20.4 Å². The highest BCUT2D eigenvalue weighted by molar-refractivity contribution is 7.77. The average molecular weight is 433 g/mol. The lowest BCUT2D eigenvalue weighted by atomic mass is 9.87. The van der Waals surface area contributed by atoms with Crippen molar-refractivity contribution in [1.82, 2.24) is 5.09 Å². The van der Waals surface area contributed by atoms with Crippen molar-refractivity contribution in [3.05, 3.63) is 103 Å². The summed E-state index contributed by atoms with van der Waals surface area (Å²) in [4.78, 5) is 11.9. The summed E-state index contributed by atoms with van der Waals surface area (Å²) in [6.07, 6.45) is 2.48. The highest BCUT2D eigenvalue weighted by Crippen LogP contribution is 2.46. The summed E-state index contributed by atoms with van der Waals surface area (Å²) in [7, 11) is -1.70. The van der Waals surface area contributed by atoms with E-state index in [1.807, 2.05) is 91.9 Å². The molecule has 0 aliphatic carbocycles. The maximum atomic E-state index is 14.7. The number of rotatable bonds is 7. The Labute approximate surface area is 182 Å². The van der Waals surface area contributed by atoms with E-state index in [0.29, 0.717) is 16.4 Å². The first kappa shape index (κ1) is 21.1. The Morgan fingerprint density at radius 1 is 0.903 bits per heavy atom. The van der Waals surface area contributed by atoms with Crippen LogP contribution in [-0.2, 0) is 19.6 Å². The summed E-state index contributed by atoms with van der Waals surface area (Å²) in [6, 6.07) is 26.1. The summed E-state index contributed by atoms with van der Waals surface area (Å²) in [5.74, 6) is 0.292. The molecule has 0 spiro atoms. The number of nitrogens with one attached hydrogen (secondary N) is 1. The van der Waals surface area contributed by atoms with Gasteiger partial charge in [0.25, 0.3) is 0 Å². The first-order valence-corrected chi connectivity index (χ1v) is 11.7. The Kier molecular flexibility index (Phi) is 5.81. The van der Waals surface area contributed by atoms with E-state index in [2.05, 4.69) is 5.09 Å². The van der Waals surface area contributed by atoms with Gasteiger partial charge < -0.3 is 9.47 Å². The molecule has 0 amide bonds. The van der Waals surface area contributed by atoms with Crippen molar-refractivity contribution in [3.8, 4) is 5.75 Å². The molecule has 6 heteroatoms. The Morgan fingerprint density at radius 2 is 1.45 bits per heavy atom. The summed E-state index contributed by atoms with van der Waals surface area (Å²) in [6.45, 7) is 1.90. The van der Waals surface area contributed by atoms with Gasteiger partial charge in [-0.25, -0.2) is 9.88 Å². The Balaban J connectivity index is 1.86. The maximum absolute atomic E-state index is 14.7. The number of methoxy groups -OCH3 is 1. The third-order valence-electron chi connectivity index (χ3n) is 5.54. The van der Waals surface area contributed by atoms with E-state index in [-0.39, 0.29) is 0 Å². The van der Waals surface area contributed by atoms with Gasteiger partial charge in [0.1, 0.15) is 11.9 Å². The van der Waals surface area contributed by atoms with Crippen molar-refractivity contribution in [1.29, 1.82) is 0 Å². The number of hydrogen-bond acceptors (Lipinski definition) is 4. The van der Waals surface area contributed by atoms with E-state index in [0.717, 1.165) is 5.56 Å². The zero-order valence-corrected chi connectivity index (χ0v) is 18.3. The first-order valence-electron chi connectivity index (χ1n) is 10.00. The van der Waals surface area contributed by atoms with Crippen LogP contribution in [0, 0.1) is 0 Å². The van der Waals surface area contributed by atoms with Crippen LogP contribution in [0.2, 0.25) is 0 Å².